The van der Waals surface area contributed by atoms with Gasteiger partial charge in [-0.2, -0.15) is 11.8 Å². The number of amides is 1. The molecule has 1 atom stereocenters. The number of primary amides is 1. The molecule has 0 aliphatic heterocycles. The molecule has 0 spiro atoms. The van der Waals surface area contributed by atoms with Gasteiger partial charge in [0.05, 0.1) is 0 Å². The van der Waals surface area contributed by atoms with Gasteiger partial charge in [0.25, 0.3) is 0 Å². The number of rotatable bonds is 7. The Kier molecular flexibility index (Phi) is 6.16. The van der Waals surface area contributed by atoms with Crippen molar-refractivity contribution in [3.05, 3.63) is 0 Å². The first-order valence-electron chi connectivity index (χ1n) is 4.67. The van der Waals surface area contributed by atoms with Gasteiger partial charge < -0.3 is 11.5 Å². The summed E-state index contributed by atoms with van der Waals surface area (Å²) in [6.07, 6.45) is 3.65. The van der Waals surface area contributed by atoms with Crippen molar-refractivity contribution in [1.82, 2.24) is 0 Å². The molecule has 1 amide bonds. The number of thioether (sulfide) groups is 1. The predicted octanol–water partition coefficient (Wildman–Crippen LogP) is 1.11. The van der Waals surface area contributed by atoms with Crippen LogP contribution in [0.3, 0.4) is 0 Å². The standard InChI is InChI=1S/C9H20N2OS/c1-3-4-5-6-13-7-9(2,11)8(10)12/h3-7,11H2,1-2H3,(H2,10,12). The van der Waals surface area contributed by atoms with Crippen molar-refractivity contribution in [3.8, 4) is 0 Å². The lowest BCUT2D eigenvalue weighted by Crippen LogP contribution is -2.51. The Morgan fingerprint density at radius 1 is 1.46 bits per heavy atom. The van der Waals surface area contributed by atoms with E-state index < -0.39 is 11.4 Å². The number of hydrogen-bond donors (Lipinski definition) is 2. The number of nitrogens with two attached hydrogens (primary N) is 2. The normalized spacial score (nSPS) is 15.3. The molecule has 0 bridgehead atoms. The van der Waals surface area contributed by atoms with Crippen LogP contribution in [-0.4, -0.2) is 23.0 Å². The Bertz CT molecular complexity index is 160. The molecule has 0 aromatic carbocycles. The molecule has 0 saturated heterocycles. The van der Waals surface area contributed by atoms with Gasteiger partial charge in [-0.05, 0) is 19.1 Å². The summed E-state index contributed by atoms with van der Waals surface area (Å²) in [5, 5.41) is 0. The van der Waals surface area contributed by atoms with Crippen LogP contribution in [0.5, 0.6) is 0 Å². The quantitative estimate of drug-likeness (QED) is 0.610. The van der Waals surface area contributed by atoms with Crippen LogP contribution in [0.4, 0.5) is 0 Å². The van der Waals surface area contributed by atoms with E-state index in [4.69, 9.17) is 11.5 Å². The van der Waals surface area contributed by atoms with Crippen LogP contribution >= 0.6 is 11.8 Å². The van der Waals surface area contributed by atoms with E-state index in [-0.39, 0.29) is 0 Å². The molecule has 0 aromatic rings. The van der Waals surface area contributed by atoms with Crippen molar-refractivity contribution in [2.75, 3.05) is 11.5 Å². The van der Waals surface area contributed by atoms with Crippen LogP contribution in [0.15, 0.2) is 0 Å². The maximum Gasteiger partial charge on any atom is 0.238 e. The molecular weight excluding hydrogens is 184 g/mol. The van der Waals surface area contributed by atoms with Crippen LogP contribution in [0.25, 0.3) is 0 Å². The van der Waals surface area contributed by atoms with E-state index in [0.29, 0.717) is 5.75 Å². The molecule has 4 N–H and O–H groups in total. The molecule has 78 valence electrons. The van der Waals surface area contributed by atoms with E-state index >= 15 is 0 Å². The summed E-state index contributed by atoms with van der Waals surface area (Å²) < 4.78 is 0. The number of carbonyl (C=O) groups excluding carboxylic acids is 1. The van der Waals surface area contributed by atoms with Gasteiger partial charge in [-0.15, -0.1) is 0 Å². The van der Waals surface area contributed by atoms with Gasteiger partial charge in [0.2, 0.25) is 5.91 Å². The minimum atomic E-state index is -0.850. The summed E-state index contributed by atoms with van der Waals surface area (Å²) in [6, 6.07) is 0. The predicted molar refractivity (Wildman–Crippen MR) is 58.6 cm³/mol. The van der Waals surface area contributed by atoms with Gasteiger partial charge in [-0.25, -0.2) is 0 Å². The molecule has 0 radical (unpaired) electrons. The van der Waals surface area contributed by atoms with Gasteiger partial charge >= 0.3 is 0 Å². The first-order chi connectivity index (χ1) is 6.00. The molecular formula is C9H20N2OS. The highest BCUT2D eigenvalue weighted by molar-refractivity contribution is 7.99. The van der Waals surface area contributed by atoms with Crippen LogP contribution in [0, 0.1) is 0 Å². The Labute approximate surface area is 84.6 Å². The van der Waals surface area contributed by atoms with Gasteiger partial charge in [0.15, 0.2) is 0 Å². The summed E-state index contributed by atoms with van der Waals surface area (Å²) in [5.74, 6) is 1.26. The fourth-order valence-corrected chi connectivity index (χ4v) is 1.93. The maximum atomic E-state index is 10.8. The highest BCUT2D eigenvalue weighted by Gasteiger charge is 2.24. The average Bonchev–Trinajstić information content (AvgIpc) is 2.03. The molecule has 0 aliphatic carbocycles. The van der Waals surface area contributed by atoms with Crippen LogP contribution in [0.1, 0.15) is 33.1 Å². The van der Waals surface area contributed by atoms with Crippen molar-refractivity contribution in [3.63, 3.8) is 0 Å². The van der Waals surface area contributed by atoms with E-state index in [1.54, 1.807) is 18.7 Å². The van der Waals surface area contributed by atoms with Crippen LogP contribution in [-0.2, 0) is 4.79 Å². The van der Waals surface area contributed by atoms with Crippen molar-refractivity contribution < 1.29 is 4.79 Å². The minimum absolute atomic E-state index is 0.421. The molecule has 13 heavy (non-hydrogen) atoms. The van der Waals surface area contributed by atoms with E-state index in [1.165, 1.54) is 19.3 Å². The second-order valence-electron chi connectivity index (χ2n) is 3.54. The largest absolute Gasteiger partial charge is 0.368 e. The monoisotopic (exact) mass is 204 g/mol. The van der Waals surface area contributed by atoms with Gasteiger partial charge in [-0.3, -0.25) is 4.79 Å². The lowest BCUT2D eigenvalue weighted by atomic mass is 10.1. The van der Waals surface area contributed by atoms with Gasteiger partial charge in [-0.1, -0.05) is 19.8 Å². The lowest BCUT2D eigenvalue weighted by Gasteiger charge is -2.19. The van der Waals surface area contributed by atoms with Crippen molar-refractivity contribution >= 4 is 17.7 Å². The van der Waals surface area contributed by atoms with E-state index in [0.717, 1.165) is 5.75 Å². The van der Waals surface area contributed by atoms with Crippen molar-refractivity contribution in [1.29, 1.82) is 0 Å². The first-order valence-corrected chi connectivity index (χ1v) is 5.82. The molecule has 0 aliphatic rings. The molecule has 3 nitrogen and oxygen atoms in total. The van der Waals surface area contributed by atoms with E-state index in [9.17, 15) is 4.79 Å². The number of carbonyl (C=O) groups is 1. The third-order valence-electron chi connectivity index (χ3n) is 1.86. The Morgan fingerprint density at radius 2 is 2.08 bits per heavy atom. The first kappa shape index (κ1) is 12.8. The number of hydrogen-bond acceptors (Lipinski definition) is 3. The molecule has 1 unspecified atom stereocenters. The van der Waals surface area contributed by atoms with Gasteiger partial charge in [0, 0.05) is 5.75 Å². The average molecular weight is 204 g/mol. The second-order valence-corrected chi connectivity index (χ2v) is 4.65. The summed E-state index contributed by atoms with van der Waals surface area (Å²) >= 11 is 1.70. The molecule has 0 rings (SSSR count). The van der Waals surface area contributed by atoms with Crippen LogP contribution < -0.4 is 11.5 Å². The zero-order valence-electron chi connectivity index (χ0n) is 8.51. The van der Waals surface area contributed by atoms with E-state index in [1.807, 2.05) is 0 Å². The third kappa shape index (κ3) is 5.93. The van der Waals surface area contributed by atoms with Crippen molar-refractivity contribution in [2.24, 2.45) is 11.5 Å². The summed E-state index contributed by atoms with van der Waals surface area (Å²) in [4.78, 5) is 10.8. The topological polar surface area (TPSA) is 69.1 Å². The van der Waals surface area contributed by atoms with Gasteiger partial charge in [0.1, 0.15) is 5.54 Å². The highest BCUT2D eigenvalue weighted by atomic mass is 32.2. The molecule has 4 heteroatoms. The lowest BCUT2D eigenvalue weighted by molar-refractivity contribution is -0.121. The highest BCUT2D eigenvalue weighted by Crippen LogP contribution is 2.12. The molecule has 0 aromatic heterocycles. The zero-order chi connectivity index (χ0) is 10.3. The Morgan fingerprint density at radius 3 is 2.54 bits per heavy atom. The smallest absolute Gasteiger partial charge is 0.238 e. The zero-order valence-corrected chi connectivity index (χ0v) is 9.32. The Balaban J connectivity index is 3.46. The molecule has 0 fully saturated rings. The van der Waals surface area contributed by atoms with Crippen LogP contribution in [0.2, 0.25) is 0 Å². The second kappa shape index (κ2) is 6.27. The Hall–Kier alpha value is -0.220. The molecule has 0 saturated carbocycles. The molecule has 0 heterocycles. The SMILES string of the molecule is CCCCCSCC(C)(N)C(N)=O. The van der Waals surface area contributed by atoms with E-state index in [2.05, 4.69) is 6.92 Å². The fourth-order valence-electron chi connectivity index (χ4n) is 0.809. The minimum Gasteiger partial charge on any atom is -0.368 e. The van der Waals surface area contributed by atoms with Crippen molar-refractivity contribution in [2.45, 2.75) is 38.6 Å². The summed E-state index contributed by atoms with van der Waals surface area (Å²) in [6.45, 7) is 3.85. The summed E-state index contributed by atoms with van der Waals surface area (Å²) in [5.41, 5.74) is 9.96. The third-order valence-corrected chi connectivity index (χ3v) is 3.24. The maximum absolute atomic E-state index is 10.8. The summed E-state index contributed by atoms with van der Waals surface area (Å²) in [7, 11) is 0. The fraction of sp³-hybridized carbons (Fsp3) is 0.889. The number of unbranched alkanes of at least 4 members (excludes halogenated alkanes) is 2.